The molecule has 0 aliphatic carbocycles. The van der Waals surface area contributed by atoms with Gasteiger partial charge in [-0.05, 0) is 31.2 Å². The van der Waals surface area contributed by atoms with Gasteiger partial charge in [0, 0.05) is 0 Å². The van der Waals surface area contributed by atoms with Crippen molar-refractivity contribution >= 4 is 23.2 Å². The van der Waals surface area contributed by atoms with Gasteiger partial charge < -0.3 is 10.1 Å². The Bertz CT molecular complexity index is 587. The fourth-order valence-electron chi connectivity index (χ4n) is 1.57. The highest BCUT2D eigenvalue weighted by molar-refractivity contribution is 6.29. The zero-order valence-electron chi connectivity index (χ0n) is 10.4. The number of nitrogens with zero attached hydrogens (tertiary/aromatic N) is 1. The second-order valence-corrected chi connectivity index (χ2v) is 4.12. The number of halogens is 1. The van der Waals surface area contributed by atoms with Crippen molar-refractivity contribution in [2.45, 2.75) is 6.92 Å². The summed E-state index contributed by atoms with van der Waals surface area (Å²) in [6.45, 7) is 2.42. The van der Waals surface area contributed by atoms with Crippen molar-refractivity contribution < 1.29 is 9.53 Å². The molecule has 0 atom stereocenters. The molecule has 1 N–H and O–H groups in total. The second kappa shape index (κ2) is 6.20. The molecule has 0 bridgehead atoms. The number of anilines is 1. The molecule has 0 radical (unpaired) electrons. The number of nitrogens with one attached hydrogen (secondary N) is 1. The van der Waals surface area contributed by atoms with E-state index in [2.05, 4.69) is 10.3 Å². The average molecular weight is 277 g/mol. The molecule has 0 unspecified atom stereocenters. The zero-order chi connectivity index (χ0) is 13.7. The number of hydrogen-bond donors (Lipinski definition) is 1. The molecule has 0 saturated carbocycles. The smallest absolute Gasteiger partial charge is 0.274 e. The first-order valence-electron chi connectivity index (χ1n) is 5.86. The van der Waals surface area contributed by atoms with E-state index in [9.17, 15) is 4.79 Å². The number of para-hydroxylation sites is 2. The number of carbonyl (C=O) groups excluding carboxylic acids is 1. The molecule has 0 saturated heterocycles. The molecule has 1 aromatic heterocycles. The monoisotopic (exact) mass is 276 g/mol. The Morgan fingerprint density at radius 2 is 2.05 bits per heavy atom. The van der Waals surface area contributed by atoms with E-state index in [-0.39, 0.29) is 16.8 Å². The Labute approximate surface area is 116 Å². The van der Waals surface area contributed by atoms with Gasteiger partial charge in [0.1, 0.15) is 16.6 Å². The van der Waals surface area contributed by atoms with Gasteiger partial charge in [0.05, 0.1) is 12.3 Å². The van der Waals surface area contributed by atoms with Crippen molar-refractivity contribution in [3.05, 3.63) is 53.3 Å². The van der Waals surface area contributed by atoms with Crippen LogP contribution in [0.25, 0.3) is 0 Å². The molecule has 5 heteroatoms. The third kappa shape index (κ3) is 3.45. The van der Waals surface area contributed by atoms with Gasteiger partial charge in [-0.15, -0.1) is 0 Å². The lowest BCUT2D eigenvalue weighted by molar-refractivity contribution is 0.102. The van der Waals surface area contributed by atoms with E-state index in [0.717, 1.165) is 0 Å². The predicted octanol–water partition coefficient (Wildman–Crippen LogP) is 3.39. The Balaban J connectivity index is 2.19. The third-order valence-electron chi connectivity index (χ3n) is 2.38. The summed E-state index contributed by atoms with van der Waals surface area (Å²) >= 11 is 5.76. The number of rotatable bonds is 4. The van der Waals surface area contributed by atoms with Gasteiger partial charge in [0.25, 0.3) is 5.91 Å². The van der Waals surface area contributed by atoms with Crippen LogP contribution in [-0.4, -0.2) is 17.5 Å². The molecular weight excluding hydrogens is 264 g/mol. The van der Waals surface area contributed by atoms with Crippen LogP contribution in [0.2, 0.25) is 5.15 Å². The van der Waals surface area contributed by atoms with Crippen LogP contribution >= 0.6 is 11.6 Å². The van der Waals surface area contributed by atoms with E-state index in [1.54, 1.807) is 30.3 Å². The minimum atomic E-state index is -0.324. The number of aromatic nitrogens is 1. The Morgan fingerprint density at radius 3 is 2.79 bits per heavy atom. The van der Waals surface area contributed by atoms with Crippen molar-refractivity contribution in [1.29, 1.82) is 0 Å². The lowest BCUT2D eigenvalue weighted by atomic mass is 10.2. The van der Waals surface area contributed by atoms with Crippen molar-refractivity contribution in [1.82, 2.24) is 4.98 Å². The number of benzene rings is 1. The summed E-state index contributed by atoms with van der Waals surface area (Å²) in [4.78, 5) is 16.0. The van der Waals surface area contributed by atoms with Crippen LogP contribution in [0.1, 0.15) is 17.4 Å². The molecule has 98 valence electrons. The third-order valence-corrected chi connectivity index (χ3v) is 2.59. The normalized spacial score (nSPS) is 10.0. The van der Waals surface area contributed by atoms with Gasteiger partial charge in [0.2, 0.25) is 0 Å². The maximum Gasteiger partial charge on any atom is 0.274 e. The number of amides is 1. The Morgan fingerprint density at radius 1 is 1.26 bits per heavy atom. The van der Waals surface area contributed by atoms with Gasteiger partial charge >= 0.3 is 0 Å². The fraction of sp³-hybridized carbons (Fsp3) is 0.143. The van der Waals surface area contributed by atoms with E-state index < -0.39 is 0 Å². The second-order valence-electron chi connectivity index (χ2n) is 3.73. The molecule has 1 heterocycles. The summed E-state index contributed by atoms with van der Waals surface area (Å²) < 4.78 is 5.44. The molecule has 2 rings (SSSR count). The van der Waals surface area contributed by atoms with Crippen molar-refractivity contribution in [3.63, 3.8) is 0 Å². The number of pyridine rings is 1. The SMILES string of the molecule is CCOc1ccccc1NC(=O)c1cccc(Cl)n1. The van der Waals surface area contributed by atoms with Crippen molar-refractivity contribution in [3.8, 4) is 5.75 Å². The maximum atomic E-state index is 12.0. The lowest BCUT2D eigenvalue weighted by Gasteiger charge is -2.10. The molecule has 4 nitrogen and oxygen atoms in total. The lowest BCUT2D eigenvalue weighted by Crippen LogP contribution is -2.14. The first-order chi connectivity index (χ1) is 9.20. The van der Waals surface area contributed by atoms with E-state index in [1.807, 2.05) is 19.1 Å². The van der Waals surface area contributed by atoms with Crippen molar-refractivity contribution in [2.24, 2.45) is 0 Å². The highest BCUT2D eigenvalue weighted by atomic mass is 35.5. The van der Waals surface area contributed by atoms with Gasteiger partial charge in [-0.2, -0.15) is 0 Å². The molecule has 1 aromatic carbocycles. The van der Waals surface area contributed by atoms with E-state index in [1.165, 1.54) is 0 Å². The zero-order valence-corrected chi connectivity index (χ0v) is 11.1. The molecular formula is C14H13ClN2O2. The maximum absolute atomic E-state index is 12.0. The van der Waals surface area contributed by atoms with Gasteiger partial charge in [-0.3, -0.25) is 4.79 Å². The van der Waals surface area contributed by atoms with Crippen LogP contribution in [0.5, 0.6) is 5.75 Å². The summed E-state index contributed by atoms with van der Waals surface area (Å²) in [5.74, 6) is 0.301. The summed E-state index contributed by atoms with van der Waals surface area (Å²) in [5.41, 5.74) is 0.870. The van der Waals surface area contributed by atoms with E-state index >= 15 is 0 Å². The largest absolute Gasteiger partial charge is 0.492 e. The summed E-state index contributed by atoms with van der Waals surface area (Å²) in [7, 11) is 0. The molecule has 2 aromatic rings. The van der Waals surface area contributed by atoms with E-state index in [4.69, 9.17) is 16.3 Å². The number of carbonyl (C=O) groups is 1. The Hall–Kier alpha value is -2.07. The standard InChI is InChI=1S/C14H13ClN2O2/c1-2-19-12-8-4-3-6-10(12)17-14(18)11-7-5-9-13(15)16-11/h3-9H,2H2,1H3,(H,17,18). The van der Waals surface area contributed by atoms with Gasteiger partial charge in [-0.25, -0.2) is 4.98 Å². The summed E-state index contributed by atoms with van der Waals surface area (Å²) in [6, 6.07) is 12.1. The predicted molar refractivity (Wildman–Crippen MR) is 74.8 cm³/mol. The first kappa shape index (κ1) is 13.4. The number of ether oxygens (including phenoxy) is 1. The van der Waals surface area contributed by atoms with Gasteiger partial charge in [0.15, 0.2) is 0 Å². The van der Waals surface area contributed by atoms with Crippen LogP contribution in [0, 0.1) is 0 Å². The van der Waals surface area contributed by atoms with Crippen LogP contribution in [-0.2, 0) is 0 Å². The minimum absolute atomic E-state index is 0.263. The van der Waals surface area contributed by atoms with Crippen LogP contribution in [0.3, 0.4) is 0 Å². The fourth-order valence-corrected chi connectivity index (χ4v) is 1.74. The highest BCUT2D eigenvalue weighted by Crippen LogP contribution is 2.24. The van der Waals surface area contributed by atoms with Crippen LogP contribution < -0.4 is 10.1 Å². The van der Waals surface area contributed by atoms with Crippen molar-refractivity contribution in [2.75, 3.05) is 11.9 Å². The molecule has 1 amide bonds. The molecule has 0 aliphatic rings. The first-order valence-corrected chi connectivity index (χ1v) is 6.24. The quantitative estimate of drug-likeness (QED) is 0.871. The summed E-state index contributed by atoms with van der Waals surface area (Å²) in [5, 5.41) is 3.04. The molecule has 19 heavy (non-hydrogen) atoms. The minimum Gasteiger partial charge on any atom is -0.492 e. The summed E-state index contributed by atoms with van der Waals surface area (Å²) in [6.07, 6.45) is 0. The molecule has 0 spiro atoms. The topological polar surface area (TPSA) is 51.2 Å². The van der Waals surface area contributed by atoms with E-state index in [0.29, 0.717) is 18.0 Å². The Kier molecular flexibility index (Phi) is 4.36. The average Bonchev–Trinajstić information content (AvgIpc) is 2.41. The number of hydrogen-bond acceptors (Lipinski definition) is 3. The highest BCUT2D eigenvalue weighted by Gasteiger charge is 2.10. The molecule has 0 aliphatic heterocycles. The van der Waals surface area contributed by atoms with Gasteiger partial charge in [-0.1, -0.05) is 29.8 Å². The molecule has 0 fully saturated rings. The van der Waals surface area contributed by atoms with Crippen LogP contribution in [0.15, 0.2) is 42.5 Å². The van der Waals surface area contributed by atoms with Crippen LogP contribution in [0.4, 0.5) is 5.69 Å².